The summed E-state index contributed by atoms with van der Waals surface area (Å²) in [5, 5.41) is 13.8. The van der Waals surface area contributed by atoms with Crippen LogP contribution in [0.25, 0.3) is 16.6 Å². The molecule has 0 bridgehead atoms. The maximum atomic E-state index is 9.19. The number of piperidine rings is 1. The fourth-order valence-corrected chi connectivity index (χ4v) is 3.77. The van der Waals surface area contributed by atoms with Gasteiger partial charge in [-0.25, -0.2) is 4.52 Å². The van der Waals surface area contributed by atoms with Gasteiger partial charge in [-0.3, -0.25) is 0 Å². The second-order valence-electron chi connectivity index (χ2n) is 9.01. The molecule has 1 aliphatic rings. The number of fused-ring (bicyclic) bond motifs is 1. The van der Waals surface area contributed by atoms with Gasteiger partial charge in [-0.15, -0.1) is 0 Å². The third-order valence-corrected chi connectivity index (χ3v) is 5.37. The van der Waals surface area contributed by atoms with E-state index in [1.54, 1.807) is 0 Å². The predicted octanol–water partition coefficient (Wildman–Crippen LogP) is 5.17. The Morgan fingerprint density at radius 1 is 1.14 bits per heavy atom. The summed E-state index contributed by atoms with van der Waals surface area (Å²) in [5.41, 5.74) is 4.68. The Labute approximate surface area is 172 Å². The van der Waals surface area contributed by atoms with Crippen LogP contribution in [0.3, 0.4) is 0 Å². The van der Waals surface area contributed by atoms with Crippen molar-refractivity contribution in [2.75, 3.05) is 24.6 Å². The van der Waals surface area contributed by atoms with Crippen LogP contribution in [-0.2, 0) is 0 Å². The van der Waals surface area contributed by atoms with Gasteiger partial charge < -0.3 is 9.64 Å². The monoisotopic (exact) mass is 388 g/mol. The third-order valence-electron chi connectivity index (χ3n) is 5.37. The van der Waals surface area contributed by atoms with Crippen molar-refractivity contribution in [2.24, 2.45) is 11.3 Å². The van der Waals surface area contributed by atoms with Crippen molar-refractivity contribution in [3.63, 3.8) is 0 Å². The van der Waals surface area contributed by atoms with E-state index < -0.39 is 0 Å². The molecule has 0 unspecified atom stereocenters. The molecule has 1 saturated heterocycles. The van der Waals surface area contributed by atoms with Gasteiger partial charge in [0.25, 0.3) is 0 Å². The van der Waals surface area contributed by atoms with Crippen LogP contribution in [0.15, 0.2) is 48.8 Å². The molecule has 1 fully saturated rings. The van der Waals surface area contributed by atoms with Gasteiger partial charge in [0.1, 0.15) is 5.75 Å². The average molecular weight is 389 g/mol. The second-order valence-corrected chi connectivity index (χ2v) is 9.01. The fraction of sp³-hybridized carbons (Fsp3) is 0.417. The zero-order chi connectivity index (χ0) is 20.4. The highest BCUT2D eigenvalue weighted by Gasteiger charge is 2.22. The Hall–Kier alpha value is -3.00. The first-order chi connectivity index (χ1) is 13.9. The predicted molar refractivity (Wildman–Crippen MR) is 116 cm³/mol. The minimum absolute atomic E-state index is 0.134. The Morgan fingerprint density at radius 2 is 1.86 bits per heavy atom. The molecule has 3 heterocycles. The van der Waals surface area contributed by atoms with Gasteiger partial charge in [-0.05, 0) is 48.1 Å². The van der Waals surface area contributed by atoms with Crippen LogP contribution in [0.2, 0.25) is 0 Å². The molecule has 3 aromatic rings. The number of rotatable bonds is 4. The standard InChI is InChI=1S/C24H28N4O/c1-24(2,3)17-29-20-8-6-19(7-9-20)21-16-26-28-12-4-5-22(23(21)28)27-13-10-18(15-25)11-14-27/h4-9,12,16,18H,10-11,13-14,17H2,1-3H3. The van der Waals surface area contributed by atoms with Crippen molar-refractivity contribution in [3.05, 3.63) is 48.8 Å². The summed E-state index contributed by atoms with van der Waals surface area (Å²) in [6.45, 7) is 9.00. The van der Waals surface area contributed by atoms with Crippen molar-refractivity contribution in [1.82, 2.24) is 9.61 Å². The molecule has 0 atom stereocenters. The Morgan fingerprint density at radius 3 is 2.52 bits per heavy atom. The summed E-state index contributed by atoms with van der Waals surface area (Å²) in [4.78, 5) is 2.38. The average Bonchev–Trinajstić information content (AvgIpc) is 3.16. The van der Waals surface area contributed by atoms with Gasteiger partial charge in [0, 0.05) is 30.8 Å². The van der Waals surface area contributed by atoms with Crippen molar-refractivity contribution < 1.29 is 4.74 Å². The smallest absolute Gasteiger partial charge is 0.119 e. The summed E-state index contributed by atoms with van der Waals surface area (Å²) in [7, 11) is 0. The molecule has 0 saturated carbocycles. The van der Waals surface area contributed by atoms with Crippen LogP contribution < -0.4 is 9.64 Å². The number of hydrogen-bond donors (Lipinski definition) is 0. The first kappa shape index (κ1) is 19.3. The lowest BCUT2D eigenvalue weighted by molar-refractivity contribution is 0.198. The van der Waals surface area contributed by atoms with E-state index in [0.29, 0.717) is 6.61 Å². The number of benzene rings is 1. The highest BCUT2D eigenvalue weighted by molar-refractivity contribution is 5.90. The molecule has 5 heteroatoms. The molecular weight excluding hydrogens is 360 g/mol. The number of ether oxygens (including phenoxy) is 1. The summed E-state index contributed by atoms with van der Waals surface area (Å²) >= 11 is 0. The summed E-state index contributed by atoms with van der Waals surface area (Å²) in [5.74, 6) is 1.06. The van der Waals surface area contributed by atoms with Crippen molar-refractivity contribution >= 4 is 11.2 Å². The van der Waals surface area contributed by atoms with Crippen LogP contribution >= 0.6 is 0 Å². The fourth-order valence-electron chi connectivity index (χ4n) is 3.77. The molecule has 150 valence electrons. The zero-order valence-corrected chi connectivity index (χ0v) is 17.4. The first-order valence-corrected chi connectivity index (χ1v) is 10.3. The summed E-state index contributed by atoms with van der Waals surface area (Å²) in [6.07, 6.45) is 5.76. The molecule has 0 radical (unpaired) electrons. The molecule has 0 N–H and O–H groups in total. The van der Waals surface area contributed by atoms with Crippen molar-refractivity contribution in [3.8, 4) is 22.9 Å². The highest BCUT2D eigenvalue weighted by Crippen LogP contribution is 2.34. The molecule has 0 aliphatic carbocycles. The molecule has 2 aromatic heterocycles. The number of nitrogens with zero attached hydrogens (tertiary/aromatic N) is 4. The van der Waals surface area contributed by atoms with Gasteiger partial charge >= 0.3 is 0 Å². The van der Waals surface area contributed by atoms with Gasteiger partial charge in [-0.1, -0.05) is 32.9 Å². The summed E-state index contributed by atoms with van der Waals surface area (Å²) in [6, 6.07) is 14.9. The highest BCUT2D eigenvalue weighted by atomic mass is 16.5. The third kappa shape index (κ3) is 4.22. The summed E-state index contributed by atoms with van der Waals surface area (Å²) < 4.78 is 7.86. The molecule has 1 aromatic carbocycles. The normalized spacial score (nSPS) is 15.4. The largest absolute Gasteiger partial charge is 0.493 e. The van der Waals surface area contributed by atoms with E-state index in [2.05, 4.69) is 55.0 Å². The van der Waals surface area contributed by atoms with E-state index in [4.69, 9.17) is 4.74 Å². The van der Waals surface area contributed by atoms with Crippen LogP contribution in [-0.4, -0.2) is 29.3 Å². The number of aromatic nitrogens is 2. The maximum Gasteiger partial charge on any atom is 0.119 e. The first-order valence-electron chi connectivity index (χ1n) is 10.3. The Kier molecular flexibility index (Phi) is 5.19. The zero-order valence-electron chi connectivity index (χ0n) is 17.4. The van der Waals surface area contributed by atoms with E-state index in [0.717, 1.165) is 48.3 Å². The van der Waals surface area contributed by atoms with E-state index in [-0.39, 0.29) is 11.3 Å². The molecule has 0 amide bonds. The van der Waals surface area contributed by atoms with E-state index in [9.17, 15) is 5.26 Å². The SMILES string of the molecule is CC(C)(C)COc1ccc(-c2cnn3cccc(N4CCC(C#N)CC4)c23)cc1. The lowest BCUT2D eigenvalue weighted by atomic mass is 9.97. The van der Waals surface area contributed by atoms with E-state index >= 15 is 0 Å². The van der Waals surface area contributed by atoms with Crippen molar-refractivity contribution in [1.29, 1.82) is 5.26 Å². The second kappa shape index (κ2) is 7.79. The van der Waals surface area contributed by atoms with E-state index in [1.165, 1.54) is 5.69 Å². The Bertz CT molecular complexity index is 1020. The number of anilines is 1. The molecular formula is C24H28N4O. The lowest BCUT2D eigenvalue weighted by Gasteiger charge is -2.31. The van der Waals surface area contributed by atoms with Gasteiger partial charge in [0.15, 0.2) is 0 Å². The van der Waals surface area contributed by atoms with E-state index in [1.807, 2.05) is 35.1 Å². The minimum Gasteiger partial charge on any atom is -0.493 e. The molecule has 29 heavy (non-hydrogen) atoms. The molecule has 5 nitrogen and oxygen atoms in total. The number of nitriles is 1. The van der Waals surface area contributed by atoms with Crippen LogP contribution in [0.1, 0.15) is 33.6 Å². The van der Waals surface area contributed by atoms with Gasteiger partial charge in [0.2, 0.25) is 0 Å². The molecule has 1 aliphatic heterocycles. The number of hydrogen-bond acceptors (Lipinski definition) is 4. The van der Waals surface area contributed by atoms with Gasteiger partial charge in [0.05, 0.1) is 30.1 Å². The van der Waals surface area contributed by atoms with Crippen LogP contribution in [0.4, 0.5) is 5.69 Å². The Balaban J connectivity index is 1.62. The van der Waals surface area contributed by atoms with Crippen LogP contribution in [0, 0.1) is 22.7 Å². The molecule has 4 rings (SSSR count). The van der Waals surface area contributed by atoms with Gasteiger partial charge in [-0.2, -0.15) is 10.4 Å². The minimum atomic E-state index is 0.134. The molecule has 0 spiro atoms. The quantitative estimate of drug-likeness (QED) is 0.619. The maximum absolute atomic E-state index is 9.19. The number of pyridine rings is 1. The van der Waals surface area contributed by atoms with Crippen LogP contribution in [0.5, 0.6) is 5.75 Å². The lowest BCUT2D eigenvalue weighted by Crippen LogP contribution is -2.33. The van der Waals surface area contributed by atoms with Crippen molar-refractivity contribution in [2.45, 2.75) is 33.6 Å². The topological polar surface area (TPSA) is 53.6 Å².